The Hall–Kier alpha value is -2.80. The van der Waals surface area contributed by atoms with Crippen LogP contribution in [0.3, 0.4) is 0 Å². The summed E-state index contributed by atoms with van der Waals surface area (Å²) in [7, 11) is 1.43. The van der Waals surface area contributed by atoms with Crippen LogP contribution in [0.4, 0.5) is 4.79 Å². The number of ether oxygens (including phenoxy) is 2. The number of nitrogens with zero attached hydrogens (tertiary/aromatic N) is 2. The van der Waals surface area contributed by atoms with Crippen molar-refractivity contribution >= 4 is 23.0 Å². The van der Waals surface area contributed by atoms with Crippen LogP contribution in [-0.4, -0.2) is 58.5 Å². The Labute approximate surface area is 193 Å². The van der Waals surface area contributed by atoms with Gasteiger partial charge in [-0.3, -0.25) is 9.69 Å². The first-order chi connectivity index (χ1) is 15.6. The number of hydrogen-bond donors (Lipinski definition) is 1. The summed E-state index contributed by atoms with van der Waals surface area (Å²) in [6.07, 6.45) is 3.89. The van der Waals surface area contributed by atoms with Gasteiger partial charge in [-0.1, -0.05) is 18.6 Å². The molecular formula is C26H32N2O5. The minimum absolute atomic E-state index is 0.127. The van der Waals surface area contributed by atoms with E-state index in [0.717, 1.165) is 30.5 Å². The average molecular weight is 453 g/mol. The van der Waals surface area contributed by atoms with E-state index in [9.17, 15) is 14.7 Å². The zero-order valence-corrected chi connectivity index (χ0v) is 20.0. The van der Waals surface area contributed by atoms with Crippen molar-refractivity contribution in [3.8, 4) is 5.75 Å². The van der Waals surface area contributed by atoms with E-state index in [2.05, 4.69) is 17.9 Å². The maximum atomic E-state index is 13.8. The topological polar surface area (TPSA) is 81.0 Å². The number of hydrogen-bond acceptors (Lipinski definition) is 6. The fraction of sp³-hybridized carbons (Fsp3) is 0.538. The highest BCUT2D eigenvalue weighted by molar-refractivity contribution is 5.99. The van der Waals surface area contributed by atoms with Gasteiger partial charge in [0.15, 0.2) is 0 Å². The summed E-state index contributed by atoms with van der Waals surface area (Å²) in [6, 6.07) is 4.84. The highest BCUT2D eigenvalue weighted by Crippen LogP contribution is 2.54. The first-order valence-corrected chi connectivity index (χ1v) is 11.7. The van der Waals surface area contributed by atoms with Crippen molar-refractivity contribution in [2.24, 2.45) is 5.92 Å². The monoisotopic (exact) mass is 452 g/mol. The molecule has 33 heavy (non-hydrogen) atoms. The molecule has 1 aromatic carbocycles. The Balaban J connectivity index is 1.88. The lowest BCUT2D eigenvalue weighted by Gasteiger charge is -2.54. The largest absolute Gasteiger partial charge is 0.508 e. The zero-order valence-electron chi connectivity index (χ0n) is 20.0. The van der Waals surface area contributed by atoms with Crippen molar-refractivity contribution in [2.45, 2.75) is 64.0 Å². The van der Waals surface area contributed by atoms with E-state index in [-0.39, 0.29) is 23.7 Å². The maximum absolute atomic E-state index is 13.8. The van der Waals surface area contributed by atoms with E-state index in [1.54, 1.807) is 22.8 Å². The third-order valence-electron chi connectivity index (χ3n) is 7.35. The summed E-state index contributed by atoms with van der Waals surface area (Å²) in [5.41, 5.74) is 1.73. The molecule has 0 spiro atoms. The highest BCUT2D eigenvalue weighted by Gasteiger charge is 2.61. The molecule has 7 nitrogen and oxygen atoms in total. The number of piperidine rings is 1. The summed E-state index contributed by atoms with van der Waals surface area (Å²) in [5, 5.41) is 11.1. The lowest BCUT2D eigenvalue weighted by atomic mass is 9.60. The molecule has 2 aromatic rings. The number of methoxy groups -OCH3 is 1. The molecule has 4 atom stereocenters. The van der Waals surface area contributed by atoms with Crippen LogP contribution in [0, 0.1) is 5.92 Å². The first kappa shape index (κ1) is 22.0. The van der Waals surface area contributed by atoms with Gasteiger partial charge in [0, 0.05) is 18.5 Å². The second kappa shape index (κ2) is 7.35. The van der Waals surface area contributed by atoms with Crippen LogP contribution >= 0.6 is 0 Å². The highest BCUT2D eigenvalue weighted by atomic mass is 16.6. The first-order valence-electron chi connectivity index (χ1n) is 11.7. The number of fused-ring (bicyclic) bond motifs is 3. The number of aromatic hydroxyl groups is 1. The normalized spacial score (nSPS) is 28.2. The third-order valence-corrected chi connectivity index (χ3v) is 7.35. The van der Waals surface area contributed by atoms with E-state index in [1.165, 1.54) is 12.7 Å². The SMILES string of the molecule is CCC1=CC2CN3CCc4c(n(C(=O)OC(C)(C)C)c5ccc(O)cc45)C(C(=O)OC)(C2)C13. The van der Waals surface area contributed by atoms with Gasteiger partial charge < -0.3 is 14.6 Å². The number of rotatable bonds is 2. The van der Waals surface area contributed by atoms with Crippen LogP contribution in [0.1, 0.15) is 51.8 Å². The summed E-state index contributed by atoms with van der Waals surface area (Å²) in [6.45, 7) is 9.28. The molecule has 1 aliphatic carbocycles. The molecular weight excluding hydrogens is 420 g/mol. The van der Waals surface area contributed by atoms with E-state index < -0.39 is 17.1 Å². The van der Waals surface area contributed by atoms with Crippen molar-refractivity contribution in [1.29, 1.82) is 0 Å². The molecule has 0 saturated carbocycles. The number of carbonyl (C=O) groups is 2. The fourth-order valence-electron chi connectivity index (χ4n) is 6.41. The fourth-order valence-corrected chi connectivity index (χ4v) is 6.41. The summed E-state index contributed by atoms with van der Waals surface area (Å²) >= 11 is 0. The van der Waals surface area contributed by atoms with Gasteiger partial charge in [-0.15, -0.1) is 0 Å². The number of phenolic OH excluding ortho intramolecular Hbond substituents is 1. The summed E-state index contributed by atoms with van der Waals surface area (Å²) < 4.78 is 12.9. The smallest absolute Gasteiger partial charge is 0.419 e. The van der Waals surface area contributed by atoms with Crippen molar-refractivity contribution in [2.75, 3.05) is 20.2 Å². The predicted octanol–water partition coefficient (Wildman–Crippen LogP) is 4.14. The third kappa shape index (κ3) is 3.12. The van der Waals surface area contributed by atoms with Crippen LogP contribution in [0.15, 0.2) is 29.8 Å². The second-order valence-corrected chi connectivity index (χ2v) is 10.5. The standard InChI is InChI=1S/C26H32N2O5/c1-6-16-11-15-13-26(23(30)32-5)21(16)27(14-15)10-9-18-19-12-17(29)7-8-20(19)28(22(18)26)24(31)33-25(2,3)4/h7-8,11-12,15,21,29H,6,9-10,13-14H2,1-5H3. The van der Waals surface area contributed by atoms with Gasteiger partial charge in [0.05, 0.1) is 24.4 Å². The number of benzene rings is 1. The molecule has 3 aliphatic heterocycles. The van der Waals surface area contributed by atoms with E-state index in [1.807, 2.05) is 20.8 Å². The molecule has 4 heterocycles. The van der Waals surface area contributed by atoms with Gasteiger partial charge in [-0.05, 0) is 69.7 Å². The predicted molar refractivity (Wildman–Crippen MR) is 124 cm³/mol. The molecule has 7 heteroatoms. The van der Waals surface area contributed by atoms with Crippen LogP contribution in [-0.2, 0) is 26.1 Å². The van der Waals surface area contributed by atoms with Crippen LogP contribution in [0.2, 0.25) is 0 Å². The molecule has 1 fully saturated rings. The summed E-state index contributed by atoms with van der Waals surface area (Å²) in [4.78, 5) is 29.8. The van der Waals surface area contributed by atoms with Gasteiger partial charge in [0.25, 0.3) is 0 Å². The van der Waals surface area contributed by atoms with E-state index in [0.29, 0.717) is 24.1 Å². The minimum Gasteiger partial charge on any atom is -0.508 e. The Bertz CT molecular complexity index is 1190. The van der Waals surface area contributed by atoms with E-state index in [4.69, 9.17) is 9.47 Å². The maximum Gasteiger partial charge on any atom is 0.419 e. The lowest BCUT2D eigenvalue weighted by molar-refractivity contribution is -0.154. The number of aromatic nitrogens is 1. The molecule has 0 radical (unpaired) electrons. The van der Waals surface area contributed by atoms with Gasteiger partial charge in [-0.2, -0.15) is 0 Å². The molecule has 6 rings (SSSR count). The van der Waals surface area contributed by atoms with Gasteiger partial charge in [0.2, 0.25) is 0 Å². The molecule has 176 valence electrons. The molecule has 1 aromatic heterocycles. The van der Waals surface area contributed by atoms with Gasteiger partial charge >= 0.3 is 12.1 Å². The lowest BCUT2D eigenvalue weighted by Crippen LogP contribution is -2.64. The quantitative estimate of drug-likeness (QED) is 0.545. The zero-order chi connectivity index (χ0) is 23.7. The number of phenols is 1. The molecule has 4 bridgehead atoms. The van der Waals surface area contributed by atoms with Crippen molar-refractivity contribution in [1.82, 2.24) is 9.47 Å². The Morgan fingerprint density at radius 1 is 1.27 bits per heavy atom. The number of esters is 1. The molecule has 4 aliphatic rings. The molecule has 4 unspecified atom stereocenters. The van der Waals surface area contributed by atoms with Crippen LogP contribution in [0.5, 0.6) is 5.75 Å². The Kier molecular flexibility index (Phi) is 4.90. The molecule has 0 amide bonds. The van der Waals surface area contributed by atoms with Crippen molar-refractivity contribution < 1.29 is 24.2 Å². The minimum atomic E-state index is -1.02. The molecule has 1 N–H and O–H groups in total. The summed E-state index contributed by atoms with van der Waals surface area (Å²) in [5.74, 6) is 0.0108. The number of carbonyl (C=O) groups excluding carboxylic acids is 2. The van der Waals surface area contributed by atoms with Crippen LogP contribution in [0.25, 0.3) is 10.9 Å². The van der Waals surface area contributed by atoms with Gasteiger partial charge in [-0.25, -0.2) is 9.36 Å². The Morgan fingerprint density at radius 3 is 2.70 bits per heavy atom. The van der Waals surface area contributed by atoms with Gasteiger partial charge in [0.1, 0.15) is 16.8 Å². The Morgan fingerprint density at radius 2 is 2.03 bits per heavy atom. The van der Waals surface area contributed by atoms with Crippen molar-refractivity contribution in [3.63, 3.8) is 0 Å². The molecule has 1 saturated heterocycles. The average Bonchev–Trinajstić information content (AvgIpc) is 3.04. The van der Waals surface area contributed by atoms with Crippen LogP contribution < -0.4 is 0 Å². The second-order valence-electron chi connectivity index (χ2n) is 10.5. The van der Waals surface area contributed by atoms with E-state index >= 15 is 0 Å². The van der Waals surface area contributed by atoms with Crippen molar-refractivity contribution in [3.05, 3.63) is 41.1 Å².